The molecule has 1 aliphatic rings. The number of benzene rings is 2. The second-order valence-corrected chi connectivity index (χ2v) is 4.54. The van der Waals surface area contributed by atoms with Crippen molar-refractivity contribution in [2.24, 2.45) is 0 Å². The molecule has 0 bridgehead atoms. The molecule has 2 aromatic rings. The lowest BCUT2D eigenvalue weighted by Gasteiger charge is -2.19. The van der Waals surface area contributed by atoms with Crippen LogP contribution < -0.4 is 0 Å². The Morgan fingerprint density at radius 1 is 1.00 bits per heavy atom. The number of cyclic esters (lactones) is 1. The molecule has 0 unspecified atom stereocenters. The van der Waals surface area contributed by atoms with Crippen LogP contribution in [0.1, 0.15) is 22.0 Å². The van der Waals surface area contributed by atoms with Crippen molar-refractivity contribution in [1.82, 2.24) is 4.90 Å². The first kappa shape index (κ1) is 12.4. The maximum absolute atomic E-state index is 12.5. The highest BCUT2D eigenvalue weighted by Crippen LogP contribution is 2.29. The van der Waals surface area contributed by atoms with Gasteiger partial charge in [0.05, 0.1) is 0 Å². The number of carbonyl (C=O) groups is 2. The Bertz CT molecular complexity index is 625. The Morgan fingerprint density at radius 3 is 2.25 bits per heavy atom. The molecule has 1 aliphatic heterocycles. The summed E-state index contributed by atoms with van der Waals surface area (Å²) in [5.41, 5.74) is 1.37. The van der Waals surface area contributed by atoms with Crippen LogP contribution >= 0.6 is 0 Å². The zero-order valence-corrected chi connectivity index (χ0v) is 10.7. The topological polar surface area (TPSA) is 46.6 Å². The third-order valence-electron chi connectivity index (χ3n) is 3.30. The van der Waals surface area contributed by atoms with Gasteiger partial charge in [-0.3, -0.25) is 4.79 Å². The van der Waals surface area contributed by atoms with E-state index in [1.165, 1.54) is 4.90 Å². The Morgan fingerprint density at radius 2 is 1.60 bits per heavy atom. The van der Waals surface area contributed by atoms with Gasteiger partial charge in [-0.15, -0.1) is 0 Å². The molecule has 20 heavy (non-hydrogen) atoms. The van der Waals surface area contributed by atoms with E-state index in [0.717, 1.165) is 5.56 Å². The van der Waals surface area contributed by atoms with Gasteiger partial charge in [0.25, 0.3) is 5.91 Å². The molecule has 3 rings (SSSR count). The molecule has 2 aromatic carbocycles. The molecular formula is C16H13NO3. The lowest BCUT2D eigenvalue weighted by molar-refractivity contribution is 0.0774. The van der Waals surface area contributed by atoms with Gasteiger partial charge in [-0.1, -0.05) is 48.5 Å². The fraction of sp³-hybridized carbons (Fsp3) is 0.125. The van der Waals surface area contributed by atoms with Crippen molar-refractivity contribution in [3.8, 4) is 0 Å². The second-order valence-electron chi connectivity index (χ2n) is 4.54. The number of amides is 2. The average molecular weight is 267 g/mol. The quantitative estimate of drug-likeness (QED) is 0.840. The van der Waals surface area contributed by atoms with Crippen molar-refractivity contribution in [3.05, 3.63) is 71.8 Å². The lowest BCUT2D eigenvalue weighted by Crippen LogP contribution is -2.34. The molecule has 1 saturated heterocycles. The first-order chi connectivity index (χ1) is 9.77. The number of hydrogen-bond acceptors (Lipinski definition) is 3. The highest BCUT2D eigenvalue weighted by atomic mass is 16.6. The fourth-order valence-corrected chi connectivity index (χ4v) is 2.29. The van der Waals surface area contributed by atoms with E-state index in [1.54, 1.807) is 24.3 Å². The minimum atomic E-state index is -0.590. The molecule has 1 heterocycles. The van der Waals surface area contributed by atoms with Gasteiger partial charge in [0.1, 0.15) is 12.6 Å². The van der Waals surface area contributed by atoms with Crippen molar-refractivity contribution in [2.75, 3.05) is 6.61 Å². The monoisotopic (exact) mass is 267 g/mol. The number of imide groups is 1. The normalized spacial score (nSPS) is 17.9. The third-order valence-corrected chi connectivity index (χ3v) is 3.30. The Kier molecular flexibility index (Phi) is 3.21. The first-order valence-electron chi connectivity index (χ1n) is 6.37. The van der Waals surface area contributed by atoms with Crippen LogP contribution in [0, 0.1) is 0 Å². The van der Waals surface area contributed by atoms with Crippen molar-refractivity contribution < 1.29 is 14.3 Å². The van der Waals surface area contributed by atoms with Crippen LogP contribution in [0.2, 0.25) is 0 Å². The number of hydrogen-bond donors (Lipinski definition) is 0. The molecule has 0 aliphatic carbocycles. The molecule has 100 valence electrons. The van der Waals surface area contributed by atoms with E-state index in [1.807, 2.05) is 36.4 Å². The fourth-order valence-electron chi connectivity index (χ4n) is 2.29. The highest BCUT2D eigenvalue weighted by molar-refractivity contribution is 6.03. The molecule has 0 N–H and O–H groups in total. The molecule has 0 spiro atoms. The van der Waals surface area contributed by atoms with Gasteiger partial charge in [-0.05, 0) is 17.7 Å². The van der Waals surface area contributed by atoms with E-state index in [4.69, 9.17) is 4.74 Å². The molecular weight excluding hydrogens is 254 g/mol. The number of ether oxygens (including phenoxy) is 1. The summed E-state index contributed by atoms with van der Waals surface area (Å²) >= 11 is 0. The van der Waals surface area contributed by atoms with E-state index in [9.17, 15) is 9.59 Å². The van der Waals surface area contributed by atoms with Crippen LogP contribution in [0.5, 0.6) is 0 Å². The van der Waals surface area contributed by atoms with Gasteiger partial charge in [0.2, 0.25) is 0 Å². The van der Waals surface area contributed by atoms with Crippen molar-refractivity contribution >= 4 is 12.0 Å². The Labute approximate surface area is 116 Å². The van der Waals surface area contributed by atoms with Crippen LogP contribution in [-0.4, -0.2) is 23.5 Å². The Hall–Kier alpha value is -2.62. The summed E-state index contributed by atoms with van der Waals surface area (Å²) in [4.78, 5) is 25.5. The molecule has 1 fully saturated rings. The largest absolute Gasteiger partial charge is 0.446 e. The summed E-state index contributed by atoms with van der Waals surface area (Å²) < 4.78 is 5.04. The summed E-state index contributed by atoms with van der Waals surface area (Å²) in [5.74, 6) is -0.332. The minimum Gasteiger partial charge on any atom is -0.446 e. The summed E-state index contributed by atoms with van der Waals surface area (Å²) in [6.07, 6.45) is -0.590. The predicted molar refractivity (Wildman–Crippen MR) is 73.1 cm³/mol. The SMILES string of the molecule is O=C1OC[C@@H](c2ccccc2)N1C(=O)c1ccccc1. The molecule has 0 radical (unpaired) electrons. The molecule has 1 atom stereocenters. The van der Waals surface area contributed by atoms with Gasteiger partial charge in [0.15, 0.2) is 0 Å². The predicted octanol–water partition coefficient (Wildman–Crippen LogP) is 3.02. The minimum absolute atomic E-state index is 0.196. The number of carbonyl (C=O) groups excluding carboxylic acids is 2. The van der Waals surface area contributed by atoms with Crippen LogP contribution in [0.3, 0.4) is 0 Å². The second kappa shape index (κ2) is 5.17. The van der Waals surface area contributed by atoms with Crippen LogP contribution in [0.4, 0.5) is 4.79 Å². The van der Waals surface area contributed by atoms with Crippen molar-refractivity contribution in [3.63, 3.8) is 0 Å². The molecule has 4 nitrogen and oxygen atoms in total. The number of rotatable bonds is 2. The van der Waals surface area contributed by atoms with Gasteiger partial charge >= 0.3 is 6.09 Å². The summed E-state index contributed by atoms with van der Waals surface area (Å²) in [6.45, 7) is 0.196. The zero-order valence-electron chi connectivity index (χ0n) is 10.7. The van der Waals surface area contributed by atoms with Crippen LogP contribution in [0.25, 0.3) is 0 Å². The third kappa shape index (κ3) is 2.16. The Balaban J connectivity index is 1.94. The van der Waals surface area contributed by atoms with E-state index >= 15 is 0 Å². The van der Waals surface area contributed by atoms with E-state index in [0.29, 0.717) is 5.56 Å². The lowest BCUT2D eigenvalue weighted by atomic mass is 10.1. The van der Waals surface area contributed by atoms with Gasteiger partial charge in [0, 0.05) is 5.56 Å². The van der Waals surface area contributed by atoms with E-state index in [2.05, 4.69) is 0 Å². The average Bonchev–Trinajstić information content (AvgIpc) is 2.90. The molecule has 2 amide bonds. The van der Waals surface area contributed by atoms with Crippen molar-refractivity contribution in [2.45, 2.75) is 6.04 Å². The summed E-state index contributed by atoms with van der Waals surface area (Å²) in [7, 11) is 0. The van der Waals surface area contributed by atoms with Gasteiger partial charge in [-0.25, -0.2) is 9.69 Å². The van der Waals surface area contributed by atoms with Crippen LogP contribution in [-0.2, 0) is 4.74 Å². The van der Waals surface area contributed by atoms with Crippen molar-refractivity contribution in [1.29, 1.82) is 0 Å². The number of nitrogens with zero attached hydrogens (tertiary/aromatic N) is 1. The summed E-state index contributed by atoms with van der Waals surface area (Å²) in [6, 6.07) is 17.8. The van der Waals surface area contributed by atoms with Crippen LogP contribution in [0.15, 0.2) is 60.7 Å². The maximum Gasteiger partial charge on any atom is 0.417 e. The van der Waals surface area contributed by atoms with E-state index < -0.39 is 6.09 Å². The van der Waals surface area contributed by atoms with E-state index in [-0.39, 0.29) is 18.6 Å². The maximum atomic E-state index is 12.5. The smallest absolute Gasteiger partial charge is 0.417 e. The first-order valence-corrected chi connectivity index (χ1v) is 6.37. The van der Waals surface area contributed by atoms with Gasteiger partial charge in [-0.2, -0.15) is 0 Å². The molecule has 0 aromatic heterocycles. The molecule has 4 heteroatoms. The van der Waals surface area contributed by atoms with Gasteiger partial charge < -0.3 is 4.74 Å². The standard InChI is InChI=1S/C16H13NO3/c18-15(13-9-5-2-6-10-13)17-14(11-20-16(17)19)12-7-3-1-4-8-12/h1-10,14H,11H2/t14-/m0/s1. The zero-order chi connectivity index (χ0) is 13.9. The highest BCUT2D eigenvalue weighted by Gasteiger charge is 2.39. The summed E-state index contributed by atoms with van der Waals surface area (Å²) in [5, 5.41) is 0. The molecule has 0 saturated carbocycles.